The molecule has 0 fully saturated rings. The van der Waals surface area contributed by atoms with Crippen LogP contribution >= 0.6 is 23.4 Å². The Balaban J connectivity index is 1.97. The zero-order valence-electron chi connectivity index (χ0n) is 13.2. The number of thioether (sulfide) groups is 1. The molecule has 1 aliphatic heterocycles. The maximum absolute atomic E-state index is 6.41. The van der Waals surface area contributed by atoms with Gasteiger partial charge in [0.1, 0.15) is 0 Å². The van der Waals surface area contributed by atoms with E-state index in [2.05, 4.69) is 36.9 Å². The lowest BCUT2D eigenvalue weighted by Gasteiger charge is -2.14. The topological polar surface area (TPSA) is 26.0 Å². The van der Waals surface area contributed by atoms with Crippen LogP contribution in [0.5, 0.6) is 0 Å². The minimum absolute atomic E-state index is 0.674. The van der Waals surface area contributed by atoms with Crippen molar-refractivity contribution in [2.75, 3.05) is 17.2 Å². The molecule has 2 aromatic rings. The molecule has 0 aromatic heterocycles. The number of allylic oxidation sites excluding steroid dienone is 2. The van der Waals surface area contributed by atoms with Crippen LogP contribution in [0.25, 0.3) is 22.3 Å². The molecule has 0 aliphatic carbocycles. The van der Waals surface area contributed by atoms with Gasteiger partial charge in [-0.15, -0.1) is 0 Å². The van der Waals surface area contributed by atoms with E-state index < -0.39 is 0 Å². The first-order valence-corrected chi connectivity index (χ1v) is 9.22. The van der Waals surface area contributed by atoms with E-state index in [-0.39, 0.29) is 0 Å². The highest BCUT2D eigenvalue weighted by atomic mass is 35.5. The number of hydrogen-bond donors (Lipinski definition) is 1. The molecule has 0 amide bonds. The van der Waals surface area contributed by atoms with Gasteiger partial charge < -0.3 is 5.73 Å². The highest BCUT2D eigenvalue weighted by Gasteiger charge is 2.11. The van der Waals surface area contributed by atoms with Crippen LogP contribution in [0.15, 0.2) is 49.1 Å². The van der Waals surface area contributed by atoms with Gasteiger partial charge in [-0.25, -0.2) is 0 Å². The molecule has 1 heterocycles. The lowest BCUT2D eigenvalue weighted by atomic mass is 9.96. The molecule has 118 valence electrons. The zero-order valence-corrected chi connectivity index (χ0v) is 14.8. The molecular formula is C20H20ClNS. The monoisotopic (exact) mass is 341 g/mol. The minimum Gasteiger partial charge on any atom is -0.398 e. The molecule has 0 atom stereocenters. The van der Waals surface area contributed by atoms with Crippen molar-refractivity contribution in [3.05, 3.63) is 65.2 Å². The van der Waals surface area contributed by atoms with E-state index in [4.69, 9.17) is 17.3 Å². The van der Waals surface area contributed by atoms with Crippen LogP contribution in [0.4, 0.5) is 5.69 Å². The first-order valence-electron chi connectivity index (χ1n) is 7.69. The van der Waals surface area contributed by atoms with E-state index in [9.17, 15) is 0 Å². The second-order valence-electron chi connectivity index (χ2n) is 5.83. The molecule has 23 heavy (non-hydrogen) atoms. The van der Waals surface area contributed by atoms with Gasteiger partial charge in [0.25, 0.3) is 0 Å². The average molecular weight is 342 g/mol. The van der Waals surface area contributed by atoms with Gasteiger partial charge in [-0.05, 0) is 53.5 Å². The summed E-state index contributed by atoms with van der Waals surface area (Å²) in [6.45, 7) is 5.95. The fourth-order valence-electron chi connectivity index (χ4n) is 2.83. The average Bonchev–Trinajstić information content (AvgIpc) is 2.56. The Hall–Kier alpha value is -1.64. The first kappa shape index (κ1) is 16.2. The molecule has 0 saturated heterocycles. The Morgan fingerprint density at radius 1 is 1.17 bits per heavy atom. The third-order valence-electron chi connectivity index (χ3n) is 4.13. The number of hydrogen-bond acceptors (Lipinski definition) is 2. The van der Waals surface area contributed by atoms with E-state index >= 15 is 0 Å². The Labute approximate surface area is 147 Å². The number of nitrogen functional groups attached to an aromatic ring is 1. The summed E-state index contributed by atoms with van der Waals surface area (Å²) in [6.07, 6.45) is 3.48. The van der Waals surface area contributed by atoms with Crippen LogP contribution in [0.3, 0.4) is 0 Å². The summed E-state index contributed by atoms with van der Waals surface area (Å²) in [4.78, 5) is 0. The fourth-order valence-corrected chi connectivity index (χ4v) is 3.96. The maximum atomic E-state index is 6.41. The smallest absolute Gasteiger partial charge is 0.0505 e. The van der Waals surface area contributed by atoms with Crippen molar-refractivity contribution < 1.29 is 0 Å². The largest absolute Gasteiger partial charge is 0.398 e. The highest BCUT2D eigenvalue weighted by molar-refractivity contribution is 7.99. The molecular weight excluding hydrogens is 322 g/mol. The van der Waals surface area contributed by atoms with Crippen LogP contribution in [-0.4, -0.2) is 11.5 Å². The predicted octanol–water partition coefficient (Wildman–Crippen LogP) is 6.14. The molecule has 1 nitrogen and oxygen atoms in total. The van der Waals surface area contributed by atoms with E-state index in [1.54, 1.807) is 0 Å². The SMILES string of the molecule is C=C(C)c1cc(-c2ccc(C3=CCSCC3)cc2)c(Cl)cc1N. The van der Waals surface area contributed by atoms with Crippen molar-refractivity contribution >= 4 is 40.2 Å². The van der Waals surface area contributed by atoms with Crippen molar-refractivity contribution in [3.63, 3.8) is 0 Å². The third kappa shape index (κ3) is 3.49. The predicted molar refractivity (Wildman–Crippen MR) is 106 cm³/mol. The first-order chi connectivity index (χ1) is 11.1. The summed E-state index contributed by atoms with van der Waals surface area (Å²) < 4.78 is 0. The molecule has 3 rings (SSSR count). The second kappa shape index (κ2) is 6.86. The van der Waals surface area contributed by atoms with Gasteiger partial charge in [0, 0.05) is 22.6 Å². The van der Waals surface area contributed by atoms with Crippen LogP contribution in [-0.2, 0) is 0 Å². The molecule has 0 radical (unpaired) electrons. The Kier molecular flexibility index (Phi) is 4.84. The summed E-state index contributed by atoms with van der Waals surface area (Å²) in [7, 11) is 0. The van der Waals surface area contributed by atoms with Crippen molar-refractivity contribution in [3.8, 4) is 11.1 Å². The Bertz CT molecular complexity index is 775. The molecule has 0 spiro atoms. The zero-order chi connectivity index (χ0) is 16.4. The summed E-state index contributed by atoms with van der Waals surface area (Å²) >= 11 is 8.39. The Morgan fingerprint density at radius 2 is 1.87 bits per heavy atom. The van der Waals surface area contributed by atoms with E-state index in [1.165, 1.54) is 16.9 Å². The van der Waals surface area contributed by atoms with Gasteiger partial charge in [0.15, 0.2) is 0 Å². The van der Waals surface area contributed by atoms with Crippen LogP contribution < -0.4 is 5.73 Å². The summed E-state index contributed by atoms with van der Waals surface area (Å²) in [5.41, 5.74) is 13.5. The number of rotatable bonds is 3. The lowest BCUT2D eigenvalue weighted by molar-refractivity contribution is 1.23. The molecule has 2 aromatic carbocycles. The van der Waals surface area contributed by atoms with Crippen LogP contribution in [0.1, 0.15) is 24.5 Å². The normalized spacial score (nSPS) is 14.4. The molecule has 2 N–H and O–H groups in total. The lowest BCUT2D eigenvalue weighted by Crippen LogP contribution is -1.96. The van der Waals surface area contributed by atoms with E-state index in [0.717, 1.165) is 34.4 Å². The molecule has 0 saturated carbocycles. The quantitative estimate of drug-likeness (QED) is 0.678. The third-order valence-corrected chi connectivity index (χ3v) is 5.34. The molecule has 0 unspecified atom stereocenters. The molecule has 0 bridgehead atoms. The van der Waals surface area contributed by atoms with Crippen molar-refractivity contribution in [2.45, 2.75) is 13.3 Å². The number of nitrogens with two attached hydrogens (primary N) is 1. The van der Waals surface area contributed by atoms with Crippen LogP contribution in [0, 0.1) is 0 Å². The number of benzene rings is 2. The van der Waals surface area contributed by atoms with E-state index in [1.807, 2.05) is 30.8 Å². The summed E-state index contributed by atoms with van der Waals surface area (Å²) in [5.74, 6) is 2.32. The van der Waals surface area contributed by atoms with Gasteiger partial charge >= 0.3 is 0 Å². The van der Waals surface area contributed by atoms with Crippen molar-refractivity contribution in [2.24, 2.45) is 0 Å². The van der Waals surface area contributed by atoms with Crippen molar-refractivity contribution in [1.29, 1.82) is 0 Å². The summed E-state index contributed by atoms with van der Waals surface area (Å²) in [6, 6.07) is 12.5. The number of halogens is 1. The molecule has 3 heteroatoms. The maximum Gasteiger partial charge on any atom is 0.0505 e. The van der Waals surface area contributed by atoms with Crippen LogP contribution in [0.2, 0.25) is 5.02 Å². The number of anilines is 1. The van der Waals surface area contributed by atoms with Gasteiger partial charge in [-0.2, -0.15) is 11.8 Å². The minimum atomic E-state index is 0.674. The van der Waals surface area contributed by atoms with Gasteiger partial charge in [-0.1, -0.05) is 48.5 Å². The summed E-state index contributed by atoms with van der Waals surface area (Å²) in [5, 5.41) is 0.675. The van der Waals surface area contributed by atoms with E-state index in [0.29, 0.717) is 10.7 Å². The van der Waals surface area contributed by atoms with Gasteiger partial charge in [0.2, 0.25) is 0 Å². The Morgan fingerprint density at radius 3 is 2.48 bits per heavy atom. The molecule has 1 aliphatic rings. The second-order valence-corrected chi connectivity index (χ2v) is 7.39. The fraction of sp³-hybridized carbons (Fsp3) is 0.200. The van der Waals surface area contributed by atoms with Gasteiger partial charge in [-0.3, -0.25) is 0 Å². The standard InChI is InChI=1S/C20H20ClNS/c1-13(2)17-11-18(19(21)12-20(17)22)16-5-3-14(4-6-16)15-7-9-23-10-8-15/h3-7,11-12H,1,8-10,22H2,2H3. The highest BCUT2D eigenvalue weighted by Crippen LogP contribution is 2.35. The van der Waals surface area contributed by atoms with Crippen molar-refractivity contribution in [1.82, 2.24) is 0 Å². The van der Waals surface area contributed by atoms with Gasteiger partial charge in [0.05, 0.1) is 5.02 Å².